The number of hydrogen-bond donors (Lipinski definition) is 2. The van der Waals surface area contributed by atoms with E-state index in [1.165, 1.54) is 6.33 Å². The molecular weight excluding hydrogens is 274 g/mol. The molecule has 0 aliphatic carbocycles. The summed E-state index contributed by atoms with van der Waals surface area (Å²) in [6.45, 7) is -0.168. The van der Waals surface area contributed by atoms with E-state index in [1.54, 1.807) is 0 Å². The van der Waals surface area contributed by atoms with Crippen LogP contribution in [0.1, 0.15) is 0 Å². The monoisotopic (exact) mass is 281 g/mol. The summed E-state index contributed by atoms with van der Waals surface area (Å²) in [6.07, 6.45) is 1.40. The molecule has 2 N–H and O–H groups in total. The first-order valence-electron chi connectivity index (χ1n) is 4.53. The summed E-state index contributed by atoms with van der Waals surface area (Å²) in [5, 5.41) is 12.1. The van der Waals surface area contributed by atoms with Crippen molar-refractivity contribution in [3.8, 4) is 0 Å². The predicted octanol–water partition coefficient (Wildman–Crippen LogP) is 1.89. The molecule has 0 unspecified atom stereocenters. The van der Waals surface area contributed by atoms with E-state index in [-0.39, 0.29) is 6.54 Å². The number of hydrogen-bond acceptors (Lipinski definition) is 4. The van der Waals surface area contributed by atoms with Crippen molar-refractivity contribution in [1.82, 2.24) is 9.97 Å². The Kier molecular flexibility index (Phi) is 3.00. The number of halogens is 1. The van der Waals surface area contributed by atoms with Gasteiger partial charge >= 0.3 is 5.97 Å². The Bertz CT molecular complexity index is 545. The lowest BCUT2D eigenvalue weighted by Gasteiger charge is -2.06. The van der Waals surface area contributed by atoms with Crippen molar-refractivity contribution in [2.75, 3.05) is 11.9 Å². The van der Waals surface area contributed by atoms with Crippen LogP contribution in [0.3, 0.4) is 0 Å². The van der Waals surface area contributed by atoms with Crippen molar-refractivity contribution < 1.29 is 9.90 Å². The van der Waals surface area contributed by atoms with Gasteiger partial charge in [0.25, 0.3) is 0 Å². The topological polar surface area (TPSA) is 75.1 Å². The van der Waals surface area contributed by atoms with E-state index in [0.29, 0.717) is 5.82 Å². The fraction of sp³-hybridized carbons (Fsp3) is 0.100. The van der Waals surface area contributed by atoms with Crippen LogP contribution in [0.4, 0.5) is 5.82 Å². The minimum absolute atomic E-state index is 0.168. The Labute approximate surface area is 99.7 Å². The van der Waals surface area contributed by atoms with Crippen molar-refractivity contribution in [1.29, 1.82) is 0 Å². The van der Waals surface area contributed by atoms with Crippen molar-refractivity contribution in [2.45, 2.75) is 0 Å². The average molecular weight is 282 g/mol. The molecule has 0 fully saturated rings. The first-order valence-corrected chi connectivity index (χ1v) is 5.32. The highest BCUT2D eigenvalue weighted by atomic mass is 79.9. The molecule has 2 rings (SSSR count). The minimum Gasteiger partial charge on any atom is -0.480 e. The summed E-state index contributed by atoms with van der Waals surface area (Å²) in [5.74, 6) is -0.407. The second-order valence-electron chi connectivity index (χ2n) is 3.13. The highest BCUT2D eigenvalue weighted by Gasteiger charge is 2.05. The van der Waals surface area contributed by atoms with Gasteiger partial charge < -0.3 is 10.4 Å². The van der Waals surface area contributed by atoms with Crippen LogP contribution in [0.15, 0.2) is 29.0 Å². The number of fused-ring (bicyclic) bond motifs is 1. The Balaban J connectivity index is 2.43. The number of anilines is 1. The van der Waals surface area contributed by atoms with E-state index < -0.39 is 5.97 Å². The van der Waals surface area contributed by atoms with Gasteiger partial charge in [0.05, 0.1) is 5.52 Å². The molecule has 0 radical (unpaired) electrons. The highest BCUT2D eigenvalue weighted by Crippen LogP contribution is 2.22. The lowest BCUT2D eigenvalue weighted by atomic mass is 10.2. The molecule has 0 saturated heterocycles. The maximum Gasteiger partial charge on any atom is 0.322 e. The summed E-state index contributed by atoms with van der Waals surface area (Å²) >= 11 is 3.35. The van der Waals surface area contributed by atoms with Crippen molar-refractivity contribution in [3.05, 3.63) is 29.0 Å². The first-order chi connectivity index (χ1) is 7.66. The minimum atomic E-state index is -0.929. The lowest BCUT2D eigenvalue weighted by molar-refractivity contribution is -0.134. The Morgan fingerprint density at radius 1 is 1.44 bits per heavy atom. The zero-order valence-corrected chi connectivity index (χ0v) is 9.73. The number of aliphatic carboxylic acids is 1. The predicted molar refractivity (Wildman–Crippen MR) is 63.4 cm³/mol. The van der Waals surface area contributed by atoms with E-state index in [0.717, 1.165) is 15.4 Å². The van der Waals surface area contributed by atoms with Crippen LogP contribution in [0.2, 0.25) is 0 Å². The van der Waals surface area contributed by atoms with Crippen LogP contribution in [0.5, 0.6) is 0 Å². The molecular formula is C10H8BrN3O2. The third-order valence-corrected chi connectivity index (χ3v) is 2.50. The molecule has 0 amide bonds. The number of carboxylic acid groups (broad SMARTS) is 1. The van der Waals surface area contributed by atoms with Crippen LogP contribution in [-0.2, 0) is 4.79 Å². The number of aromatic nitrogens is 2. The molecule has 1 heterocycles. The fourth-order valence-corrected chi connectivity index (χ4v) is 1.69. The van der Waals surface area contributed by atoms with Gasteiger partial charge in [0.15, 0.2) is 0 Å². The standard InChI is InChI=1S/C10H8BrN3O2/c11-6-1-2-8-7(3-6)10(14-5-13-8)12-4-9(15)16/h1-3,5H,4H2,(H,15,16)(H,12,13,14). The summed E-state index contributed by atoms with van der Waals surface area (Å²) in [4.78, 5) is 18.6. The van der Waals surface area contributed by atoms with Crippen LogP contribution in [0.25, 0.3) is 10.9 Å². The molecule has 5 nitrogen and oxygen atoms in total. The van der Waals surface area contributed by atoms with Gasteiger partial charge in [-0.2, -0.15) is 0 Å². The van der Waals surface area contributed by atoms with E-state index in [2.05, 4.69) is 31.2 Å². The van der Waals surface area contributed by atoms with Gasteiger partial charge in [0.2, 0.25) is 0 Å². The summed E-state index contributed by atoms with van der Waals surface area (Å²) < 4.78 is 0.896. The molecule has 2 aromatic rings. The summed E-state index contributed by atoms with van der Waals surface area (Å²) in [6, 6.07) is 5.56. The van der Waals surface area contributed by atoms with E-state index in [4.69, 9.17) is 5.11 Å². The highest BCUT2D eigenvalue weighted by molar-refractivity contribution is 9.10. The van der Waals surface area contributed by atoms with E-state index >= 15 is 0 Å². The molecule has 82 valence electrons. The number of benzene rings is 1. The first kappa shape index (κ1) is 10.8. The van der Waals surface area contributed by atoms with Crippen molar-refractivity contribution in [2.24, 2.45) is 0 Å². The second-order valence-corrected chi connectivity index (χ2v) is 4.05. The maximum absolute atomic E-state index is 10.5. The summed E-state index contributed by atoms with van der Waals surface area (Å²) in [5.41, 5.74) is 0.770. The Hall–Kier alpha value is -1.69. The lowest BCUT2D eigenvalue weighted by Crippen LogP contribution is -2.13. The molecule has 6 heteroatoms. The molecule has 1 aromatic carbocycles. The molecule has 0 atom stereocenters. The Morgan fingerprint density at radius 3 is 3.00 bits per heavy atom. The summed E-state index contributed by atoms with van der Waals surface area (Å²) in [7, 11) is 0. The van der Waals surface area contributed by atoms with Gasteiger partial charge in [-0.05, 0) is 18.2 Å². The van der Waals surface area contributed by atoms with Crippen LogP contribution >= 0.6 is 15.9 Å². The smallest absolute Gasteiger partial charge is 0.322 e. The molecule has 0 aliphatic heterocycles. The molecule has 16 heavy (non-hydrogen) atoms. The van der Waals surface area contributed by atoms with E-state index in [9.17, 15) is 4.79 Å². The number of rotatable bonds is 3. The van der Waals surface area contributed by atoms with Crippen LogP contribution < -0.4 is 5.32 Å². The number of nitrogens with one attached hydrogen (secondary N) is 1. The van der Waals surface area contributed by atoms with E-state index in [1.807, 2.05) is 18.2 Å². The van der Waals surface area contributed by atoms with Crippen molar-refractivity contribution in [3.63, 3.8) is 0 Å². The van der Waals surface area contributed by atoms with Gasteiger partial charge in [-0.3, -0.25) is 4.79 Å². The van der Waals surface area contributed by atoms with Gasteiger partial charge in [0.1, 0.15) is 18.7 Å². The zero-order valence-electron chi connectivity index (χ0n) is 8.14. The molecule has 0 spiro atoms. The van der Waals surface area contributed by atoms with Gasteiger partial charge in [-0.15, -0.1) is 0 Å². The molecule has 1 aromatic heterocycles. The maximum atomic E-state index is 10.5. The van der Waals surface area contributed by atoms with Crippen LogP contribution in [0, 0.1) is 0 Å². The molecule has 0 saturated carbocycles. The number of nitrogens with zero attached hydrogens (tertiary/aromatic N) is 2. The fourth-order valence-electron chi connectivity index (χ4n) is 1.33. The number of carboxylic acids is 1. The molecule has 0 bridgehead atoms. The van der Waals surface area contributed by atoms with Gasteiger partial charge in [-0.25, -0.2) is 9.97 Å². The SMILES string of the molecule is O=C(O)CNc1ncnc2ccc(Br)cc12. The Morgan fingerprint density at radius 2 is 2.25 bits per heavy atom. The second kappa shape index (κ2) is 4.44. The van der Waals surface area contributed by atoms with Crippen molar-refractivity contribution >= 4 is 38.6 Å². The number of carbonyl (C=O) groups is 1. The van der Waals surface area contributed by atoms with Gasteiger partial charge in [-0.1, -0.05) is 15.9 Å². The average Bonchev–Trinajstić information content (AvgIpc) is 2.26. The van der Waals surface area contributed by atoms with Gasteiger partial charge in [0, 0.05) is 9.86 Å². The quantitative estimate of drug-likeness (QED) is 0.899. The normalized spacial score (nSPS) is 10.3. The largest absolute Gasteiger partial charge is 0.480 e. The third kappa shape index (κ3) is 2.27. The van der Waals surface area contributed by atoms with Crippen LogP contribution in [-0.4, -0.2) is 27.6 Å². The zero-order chi connectivity index (χ0) is 11.5. The third-order valence-electron chi connectivity index (χ3n) is 2.00. The molecule has 0 aliphatic rings.